The average molecular weight is 324 g/mol. The van der Waals surface area contributed by atoms with E-state index in [-0.39, 0.29) is 23.7 Å². The first-order chi connectivity index (χ1) is 11.4. The molecule has 2 aromatic heterocycles. The Morgan fingerprint density at radius 3 is 2.58 bits per heavy atom. The van der Waals surface area contributed by atoms with Crippen LogP contribution >= 0.6 is 0 Å². The smallest absolute Gasteiger partial charge is 0.246 e. The summed E-state index contributed by atoms with van der Waals surface area (Å²) in [5.41, 5.74) is 0.708. The van der Waals surface area contributed by atoms with E-state index in [2.05, 4.69) is 41.0 Å². The number of carbonyl (C=O) groups excluding carboxylic acids is 1. The number of anilines is 2. The van der Waals surface area contributed by atoms with Gasteiger partial charge in [0.1, 0.15) is 11.9 Å². The Hall–Kier alpha value is -2.85. The lowest BCUT2D eigenvalue weighted by Gasteiger charge is -2.23. The number of nitriles is 1. The van der Waals surface area contributed by atoms with E-state index in [9.17, 15) is 4.79 Å². The predicted octanol–water partition coefficient (Wildman–Crippen LogP) is 2.04. The summed E-state index contributed by atoms with van der Waals surface area (Å²) in [6.07, 6.45) is 4.67. The number of aromatic nitrogens is 3. The van der Waals surface area contributed by atoms with Crippen LogP contribution in [0.1, 0.15) is 26.6 Å². The molecule has 0 radical (unpaired) electrons. The summed E-state index contributed by atoms with van der Waals surface area (Å²) in [6.45, 7) is 7.14. The van der Waals surface area contributed by atoms with Crippen LogP contribution < -0.4 is 10.2 Å². The molecular weight excluding hydrogens is 304 g/mol. The van der Waals surface area contributed by atoms with E-state index < -0.39 is 0 Å². The zero-order valence-electron chi connectivity index (χ0n) is 14.0. The fraction of sp³-hybridized carbons (Fsp3) is 0.353. The average Bonchev–Trinajstić information content (AvgIpc) is 2.55. The van der Waals surface area contributed by atoms with Crippen LogP contribution in [0, 0.1) is 16.7 Å². The van der Waals surface area contributed by atoms with E-state index in [1.54, 1.807) is 30.6 Å². The third kappa shape index (κ3) is 4.83. The van der Waals surface area contributed by atoms with Crippen LogP contribution in [0.3, 0.4) is 0 Å². The molecule has 7 heteroatoms. The molecule has 0 atom stereocenters. The van der Waals surface area contributed by atoms with Crippen molar-refractivity contribution >= 4 is 17.4 Å². The van der Waals surface area contributed by atoms with Crippen molar-refractivity contribution < 1.29 is 4.79 Å². The van der Waals surface area contributed by atoms with Crippen LogP contribution in [-0.4, -0.2) is 33.9 Å². The third-order valence-electron chi connectivity index (χ3n) is 3.07. The Morgan fingerprint density at radius 1 is 1.25 bits per heavy atom. The van der Waals surface area contributed by atoms with E-state index in [0.717, 1.165) is 0 Å². The van der Waals surface area contributed by atoms with Crippen molar-refractivity contribution in [2.45, 2.75) is 20.8 Å². The molecule has 2 aromatic rings. The van der Waals surface area contributed by atoms with Crippen molar-refractivity contribution in [3.05, 3.63) is 42.6 Å². The van der Waals surface area contributed by atoms with Crippen molar-refractivity contribution in [2.24, 2.45) is 5.41 Å². The molecule has 0 saturated heterocycles. The van der Waals surface area contributed by atoms with Gasteiger partial charge in [-0.05, 0) is 23.6 Å². The Balaban J connectivity index is 2.27. The third-order valence-corrected chi connectivity index (χ3v) is 3.07. The fourth-order valence-corrected chi connectivity index (χ4v) is 2.05. The number of carbonyl (C=O) groups is 1. The van der Waals surface area contributed by atoms with E-state index in [0.29, 0.717) is 18.1 Å². The van der Waals surface area contributed by atoms with E-state index in [4.69, 9.17) is 5.26 Å². The van der Waals surface area contributed by atoms with Crippen molar-refractivity contribution in [3.63, 3.8) is 0 Å². The Kier molecular flexibility index (Phi) is 5.55. The number of hydrogen-bond donors (Lipinski definition) is 1. The summed E-state index contributed by atoms with van der Waals surface area (Å²) < 4.78 is 0. The molecule has 0 spiro atoms. The number of nitrogens with one attached hydrogen (secondary N) is 1. The highest BCUT2D eigenvalue weighted by Crippen LogP contribution is 2.22. The highest BCUT2D eigenvalue weighted by atomic mass is 16.2. The van der Waals surface area contributed by atoms with Gasteiger partial charge in [-0.25, -0.2) is 9.97 Å². The molecule has 124 valence electrons. The summed E-state index contributed by atoms with van der Waals surface area (Å²) in [4.78, 5) is 26.1. The molecule has 0 aliphatic carbocycles. The summed E-state index contributed by atoms with van der Waals surface area (Å²) in [5, 5.41) is 12.1. The molecule has 0 saturated carbocycles. The molecule has 2 rings (SSSR count). The second kappa shape index (κ2) is 7.62. The van der Waals surface area contributed by atoms with Gasteiger partial charge in [-0.15, -0.1) is 0 Å². The van der Waals surface area contributed by atoms with E-state index in [1.807, 2.05) is 6.07 Å². The van der Waals surface area contributed by atoms with Gasteiger partial charge in [-0.3, -0.25) is 14.7 Å². The quantitative estimate of drug-likeness (QED) is 0.904. The standard InChI is InChI=1S/C17H20N6O/c1-17(2,3)12-20-11-16(24)23(13-4-7-19-8-5-13)15-6-9-21-14(10-18)22-15/h4-9,20H,11-12H2,1-3H3. The minimum Gasteiger partial charge on any atom is -0.308 e. The lowest BCUT2D eigenvalue weighted by atomic mass is 9.97. The van der Waals surface area contributed by atoms with Gasteiger partial charge in [0.15, 0.2) is 0 Å². The molecule has 1 N–H and O–H groups in total. The molecule has 0 unspecified atom stereocenters. The number of rotatable bonds is 5. The van der Waals surface area contributed by atoms with Crippen molar-refractivity contribution in [2.75, 3.05) is 18.0 Å². The maximum absolute atomic E-state index is 12.7. The first-order valence-corrected chi connectivity index (χ1v) is 7.57. The van der Waals surface area contributed by atoms with Crippen LogP contribution in [0.2, 0.25) is 0 Å². The molecule has 2 heterocycles. The molecule has 0 aliphatic heterocycles. The molecule has 24 heavy (non-hydrogen) atoms. The van der Waals surface area contributed by atoms with Crippen LogP contribution in [-0.2, 0) is 4.79 Å². The zero-order chi connectivity index (χ0) is 17.6. The number of amides is 1. The topological polar surface area (TPSA) is 94.8 Å². The molecule has 0 fully saturated rings. The van der Waals surface area contributed by atoms with Gasteiger partial charge in [-0.2, -0.15) is 5.26 Å². The van der Waals surface area contributed by atoms with E-state index in [1.165, 1.54) is 11.1 Å². The van der Waals surface area contributed by atoms with Crippen LogP contribution in [0.4, 0.5) is 11.5 Å². The van der Waals surface area contributed by atoms with Crippen molar-refractivity contribution in [1.29, 1.82) is 5.26 Å². The molecule has 0 aliphatic rings. The van der Waals surface area contributed by atoms with Gasteiger partial charge in [0.25, 0.3) is 0 Å². The van der Waals surface area contributed by atoms with Crippen LogP contribution in [0.5, 0.6) is 0 Å². The maximum atomic E-state index is 12.7. The first-order valence-electron chi connectivity index (χ1n) is 7.57. The van der Waals surface area contributed by atoms with E-state index >= 15 is 0 Å². The number of hydrogen-bond acceptors (Lipinski definition) is 6. The van der Waals surface area contributed by atoms with Gasteiger partial charge >= 0.3 is 0 Å². The van der Waals surface area contributed by atoms with Crippen LogP contribution in [0.15, 0.2) is 36.8 Å². The molecule has 7 nitrogen and oxygen atoms in total. The summed E-state index contributed by atoms with van der Waals surface area (Å²) in [5.74, 6) is 0.199. The van der Waals surface area contributed by atoms with Gasteiger partial charge < -0.3 is 5.32 Å². The molecule has 0 bridgehead atoms. The minimum atomic E-state index is -0.173. The largest absolute Gasteiger partial charge is 0.308 e. The predicted molar refractivity (Wildman–Crippen MR) is 90.5 cm³/mol. The normalized spacial score (nSPS) is 10.9. The van der Waals surface area contributed by atoms with Gasteiger partial charge in [0.05, 0.1) is 12.2 Å². The second-order valence-corrected chi connectivity index (χ2v) is 6.45. The molecule has 0 aromatic carbocycles. The van der Waals surface area contributed by atoms with Gasteiger partial charge in [0, 0.05) is 25.1 Å². The maximum Gasteiger partial charge on any atom is 0.246 e. The van der Waals surface area contributed by atoms with Crippen molar-refractivity contribution in [1.82, 2.24) is 20.3 Å². The van der Waals surface area contributed by atoms with Crippen LogP contribution in [0.25, 0.3) is 0 Å². The molecule has 1 amide bonds. The SMILES string of the molecule is CC(C)(C)CNCC(=O)N(c1ccncc1)c1ccnc(C#N)n1. The Bertz CT molecular complexity index is 733. The monoisotopic (exact) mass is 324 g/mol. The summed E-state index contributed by atoms with van der Waals surface area (Å²) in [7, 11) is 0. The Morgan fingerprint density at radius 2 is 1.96 bits per heavy atom. The van der Waals surface area contributed by atoms with Gasteiger partial charge in [0.2, 0.25) is 11.7 Å². The molecular formula is C17H20N6O. The number of pyridine rings is 1. The number of nitrogens with zero attached hydrogens (tertiary/aromatic N) is 5. The lowest BCUT2D eigenvalue weighted by molar-refractivity contribution is -0.117. The first kappa shape index (κ1) is 17.5. The lowest BCUT2D eigenvalue weighted by Crippen LogP contribution is -2.38. The Labute approximate surface area is 141 Å². The summed E-state index contributed by atoms with van der Waals surface area (Å²) in [6, 6.07) is 6.92. The fourth-order valence-electron chi connectivity index (χ4n) is 2.05. The zero-order valence-corrected chi connectivity index (χ0v) is 14.0. The highest BCUT2D eigenvalue weighted by Gasteiger charge is 2.20. The van der Waals surface area contributed by atoms with Gasteiger partial charge in [-0.1, -0.05) is 20.8 Å². The minimum absolute atomic E-state index is 0.0157. The second-order valence-electron chi connectivity index (χ2n) is 6.45. The highest BCUT2D eigenvalue weighted by molar-refractivity contribution is 6.00. The summed E-state index contributed by atoms with van der Waals surface area (Å²) >= 11 is 0. The van der Waals surface area contributed by atoms with Crippen molar-refractivity contribution in [3.8, 4) is 6.07 Å².